The topological polar surface area (TPSA) is 103 Å². The Bertz CT molecular complexity index is 1960. The minimum atomic E-state index is -1.11. The first kappa shape index (κ1) is 28.0. The minimum absolute atomic E-state index is 0.0508. The summed E-state index contributed by atoms with van der Waals surface area (Å²) in [4.78, 5) is 27.2. The van der Waals surface area contributed by atoms with Gasteiger partial charge in [0.1, 0.15) is 17.3 Å². The Morgan fingerprint density at radius 3 is 2.52 bits per heavy atom. The van der Waals surface area contributed by atoms with Crippen molar-refractivity contribution in [2.24, 2.45) is 7.05 Å². The first-order chi connectivity index (χ1) is 20.1. The summed E-state index contributed by atoms with van der Waals surface area (Å²) in [5.41, 5.74) is 6.63. The minimum Gasteiger partial charge on any atom is -0.462 e. The van der Waals surface area contributed by atoms with E-state index in [4.69, 9.17) is 26.3 Å². The Morgan fingerprint density at radius 2 is 1.76 bits per heavy atom. The van der Waals surface area contributed by atoms with Gasteiger partial charge in [0.05, 0.1) is 52.0 Å². The van der Waals surface area contributed by atoms with Crippen molar-refractivity contribution in [3.63, 3.8) is 0 Å². The maximum Gasteiger partial charge on any atom is 0.310 e. The first-order valence-electron chi connectivity index (χ1n) is 13.4. The Labute approximate surface area is 251 Å². The predicted octanol–water partition coefficient (Wildman–Crippen LogP) is 6.79. The number of hydrogen-bond donors (Lipinski definition) is 1. The van der Waals surface area contributed by atoms with Crippen molar-refractivity contribution < 1.29 is 14.6 Å². The highest BCUT2D eigenvalue weighted by Crippen LogP contribution is 2.41. The third-order valence-corrected chi connectivity index (χ3v) is 8.31. The maximum atomic E-state index is 12.9. The summed E-state index contributed by atoms with van der Waals surface area (Å²) in [6.07, 6.45) is 5.35. The molecule has 0 amide bonds. The molecule has 0 aliphatic rings. The molecule has 0 aliphatic heterocycles. The number of hydrogen-bond acceptors (Lipinski definition) is 8. The lowest BCUT2D eigenvalue weighted by Crippen LogP contribution is -2.28. The van der Waals surface area contributed by atoms with Gasteiger partial charge in [0.25, 0.3) is 0 Å². The summed E-state index contributed by atoms with van der Waals surface area (Å²) in [7, 11) is 1.92. The van der Waals surface area contributed by atoms with E-state index in [1.54, 1.807) is 26.2 Å². The highest BCUT2D eigenvalue weighted by molar-refractivity contribution is 7.22. The quantitative estimate of drug-likeness (QED) is 0.202. The fourth-order valence-electron chi connectivity index (χ4n) is 4.88. The first-order valence-corrected chi connectivity index (χ1v) is 14.6. The second kappa shape index (κ2) is 10.9. The average Bonchev–Trinajstić information content (AvgIpc) is 3.55. The van der Waals surface area contributed by atoms with Crippen LogP contribution in [-0.4, -0.2) is 48.0 Å². The number of nitrogens with zero attached hydrogens (tertiary/aromatic N) is 5. The van der Waals surface area contributed by atoms with Crippen LogP contribution < -0.4 is 0 Å². The van der Waals surface area contributed by atoms with Gasteiger partial charge in [-0.15, -0.1) is 11.3 Å². The van der Waals surface area contributed by atoms with Crippen molar-refractivity contribution in [2.75, 3.05) is 6.61 Å². The second-order valence-corrected chi connectivity index (χ2v) is 12.3. The largest absolute Gasteiger partial charge is 0.462 e. The van der Waals surface area contributed by atoms with Crippen molar-refractivity contribution in [3.8, 4) is 33.1 Å². The van der Waals surface area contributed by atoms with Gasteiger partial charge in [0, 0.05) is 28.6 Å². The fraction of sp³-hybridized carbons (Fsp3) is 0.219. The van der Waals surface area contributed by atoms with E-state index in [0.717, 1.165) is 59.6 Å². The number of carbonyl (C=O) groups excluding carboxylic acids is 1. The lowest BCUT2D eigenvalue weighted by molar-refractivity contribution is -0.149. The van der Waals surface area contributed by atoms with Crippen LogP contribution >= 0.6 is 22.9 Å². The van der Waals surface area contributed by atoms with E-state index < -0.39 is 11.6 Å². The summed E-state index contributed by atoms with van der Waals surface area (Å²) in [5, 5.41) is 16.7. The molecule has 0 saturated carbocycles. The summed E-state index contributed by atoms with van der Waals surface area (Å²) in [5.74, 6) is -0.413. The Balaban J connectivity index is 1.44. The van der Waals surface area contributed by atoms with Crippen LogP contribution in [0.25, 0.3) is 54.2 Å². The molecule has 0 spiro atoms. The second-order valence-electron chi connectivity index (χ2n) is 10.9. The number of benzene rings is 3. The third kappa shape index (κ3) is 5.63. The normalized spacial score (nSPS) is 11.9. The Morgan fingerprint density at radius 1 is 1.02 bits per heavy atom. The number of aliphatic hydroxyl groups is 1. The Hall–Kier alpha value is -4.18. The molecule has 3 aromatic heterocycles. The van der Waals surface area contributed by atoms with Crippen LogP contribution in [0.15, 0.2) is 67.1 Å². The van der Waals surface area contributed by atoms with Crippen LogP contribution in [0.4, 0.5) is 0 Å². The standard InChI is InChI=1S/C32H28ClN5O3S/c1-18-11-24-30(29(19-5-8-22(33)9-6-19)23(18)13-28(39)41-17-32(2,3)40)42-31(37-24)26-16-34-15-25(36-26)20-7-10-27-21(12-20)14-35-38(27)4/h5-12,14-16,40H,13,17H2,1-4H3. The molecule has 212 valence electrons. The number of aromatic nitrogens is 5. The summed E-state index contributed by atoms with van der Waals surface area (Å²) in [6, 6.07) is 15.6. The Kier molecular flexibility index (Phi) is 7.26. The van der Waals surface area contributed by atoms with Gasteiger partial charge in [-0.05, 0) is 67.8 Å². The summed E-state index contributed by atoms with van der Waals surface area (Å²) in [6.45, 7) is 5.08. The average molecular weight is 598 g/mol. The van der Waals surface area contributed by atoms with Gasteiger partial charge < -0.3 is 9.84 Å². The lowest BCUT2D eigenvalue weighted by atomic mass is 9.93. The van der Waals surface area contributed by atoms with Gasteiger partial charge in [-0.3, -0.25) is 14.5 Å². The molecule has 3 heterocycles. The molecule has 8 nitrogen and oxygen atoms in total. The van der Waals surface area contributed by atoms with E-state index in [0.29, 0.717) is 10.7 Å². The van der Waals surface area contributed by atoms with Gasteiger partial charge in [0.2, 0.25) is 0 Å². The van der Waals surface area contributed by atoms with Crippen molar-refractivity contribution in [2.45, 2.75) is 32.8 Å². The number of thiazole rings is 1. The number of fused-ring (bicyclic) bond motifs is 2. The SMILES string of the molecule is Cc1cc2nc(-c3cncc(-c4ccc5c(cnn5C)c4)n3)sc2c(-c2ccc(Cl)cc2)c1CC(=O)OCC(C)(C)O. The van der Waals surface area contributed by atoms with Crippen molar-refractivity contribution in [1.29, 1.82) is 0 Å². The molecule has 6 rings (SSSR count). The van der Waals surface area contributed by atoms with E-state index in [1.807, 2.05) is 67.3 Å². The highest BCUT2D eigenvalue weighted by Gasteiger charge is 2.22. The molecule has 0 aliphatic carbocycles. The van der Waals surface area contributed by atoms with E-state index in [1.165, 1.54) is 11.3 Å². The molecule has 0 saturated heterocycles. The van der Waals surface area contributed by atoms with Crippen LogP contribution in [0, 0.1) is 6.92 Å². The molecule has 42 heavy (non-hydrogen) atoms. The maximum absolute atomic E-state index is 12.9. The number of ether oxygens (including phenoxy) is 1. The lowest BCUT2D eigenvalue weighted by Gasteiger charge is -2.18. The molecule has 0 unspecified atom stereocenters. The number of carbonyl (C=O) groups is 1. The zero-order chi connectivity index (χ0) is 29.6. The molecule has 0 atom stereocenters. The zero-order valence-corrected chi connectivity index (χ0v) is 25.1. The molecule has 0 fully saturated rings. The van der Waals surface area contributed by atoms with Crippen LogP contribution in [-0.2, 0) is 23.0 Å². The van der Waals surface area contributed by atoms with Crippen LogP contribution in [0.3, 0.4) is 0 Å². The number of halogens is 1. The molecule has 1 N–H and O–H groups in total. The summed E-state index contributed by atoms with van der Waals surface area (Å²) >= 11 is 7.71. The molecule has 3 aromatic carbocycles. The highest BCUT2D eigenvalue weighted by atomic mass is 35.5. The molecular weight excluding hydrogens is 570 g/mol. The van der Waals surface area contributed by atoms with Crippen molar-refractivity contribution >= 4 is 50.0 Å². The monoisotopic (exact) mass is 597 g/mol. The number of esters is 1. The van der Waals surface area contributed by atoms with Crippen LogP contribution in [0.5, 0.6) is 0 Å². The molecule has 10 heteroatoms. The van der Waals surface area contributed by atoms with E-state index in [-0.39, 0.29) is 13.0 Å². The van der Waals surface area contributed by atoms with E-state index in [2.05, 4.69) is 16.1 Å². The molecule has 0 radical (unpaired) electrons. The smallest absolute Gasteiger partial charge is 0.310 e. The van der Waals surface area contributed by atoms with Crippen molar-refractivity contribution in [1.82, 2.24) is 24.7 Å². The van der Waals surface area contributed by atoms with Gasteiger partial charge in [-0.25, -0.2) is 9.97 Å². The predicted molar refractivity (Wildman–Crippen MR) is 166 cm³/mol. The number of aryl methyl sites for hydroxylation is 2. The van der Waals surface area contributed by atoms with Gasteiger partial charge in [0.15, 0.2) is 0 Å². The third-order valence-electron chi connectivity index (χ3n) is 6.95. The van der Waals surface area contributed by atoms with Crippen LogP contribution in [0.1, 0.15) is 25.0 Å². The van der Waals surface area contributed by atoms with E-state index in [9.17, 15) is 9.90 Å². The fourth-order valence-corrected chi connectivity index (χ4v) is 6.10. The summed E-state index contributed by atoms with van der Waals surface area (Å²) < 4.78 is 8.16. The number of rotatable bonds is 7. The van der Waals surface area contributed by atoms with Gasteiger partial charge in [-0.1, -0.05) is 29.8 Å². The molecular formula is C32H28ClN5O3S. The van der Waals surface area contributed by atoms with Gasteiger partial charge >= 0.3 is 5.97 Å². The van der Waals surface area contributed by atoms with Crippen LogP contribution in [0.2, 0.25) is 5.02 Å². The zero-order valence-electron chi connectivity index (χ0n) is 23.6. The molecule has 6 aromatic rings. The van der Waals surface area contributed by atoms with E-state index >= 15 is 0 Å². The van der Waals surface area contributed by atoms with Crippen molar-refractivity contribution in [3.05, 3.63) is 83.3 Å². The molecule has 0 bridgehead atoms. The van der Waals surface area contributed by atoms with Gasteiger partial charge in [-0.2, -0.15) is 5.10 Å².